The Morgan fingerprint density at radius 3 is 2.45 bits per heavy atom. The van der Waals surface area contributed by atoms with Crippen LogP contribution < -0.4 is 11.1 Å². The normalized spacial score (nSPS) is 11.9. The van der Waals surface area contributed by atoms with Gasteiger partial charge in [-0.05, 0) is 42.8 Å². The summed E-state index contributed by atoms with van der Waals surface area (Å²) in [5.41, 5.74) is 7.64. The highest BCUT2D eigenvalue weighted by molar-refractivity contribution is 9.10. The summed E-state index contributed by atoms with van der Waals surface area (Å²) in [6, 6.07) is 12.0. The van der Waals surface area contributed by atoms with Crippen LogP contribution in [0.1, 0.15) is 28.9 Å². The molecule has 1 unspecified atom stereocenters. The number of carbonyl (C=O) groups is 1. The van der Waals surface area contributed by atoms with E-state index in [1.165, 1.54) is 6.07 Å². The molecule has 0 aliphatic heterocycles. The predicted octanol–water partition coefficient (Wildman–Crippen LogP) is 3.43. The second-order valence-electron chi connectivity index (χ2n) is 4.53. The molecule has 2 rings (SSSR count). The first-order valence-corrected chi connectivity index (χ1v) is 6.92. The van der Waals surface area contributed by atoms with Gasteiger partial charge in [-0.15, -0.1) is 0 Å². The van der Waals surface area contributed by atoms with E-state index in [4.69, 9.17) is 5.73 Å². The van der Waals surface area contributed by atoms with Gasteiger partial charge in [0.1, 0.15) is 5.75 Å². The van der Waals surface area contributed by atoms with Gasteiger partial charge in [-0.2, -0.15) is 0 Å². The average molecular weight is 335 g/mol. The molecule has 0 bridgehead atoms. The lowest BCUT2D eigenvalue weighted by Gasteiger charge is -2.09. The molecule has 0 fully saturated rings. The fraction of sp³-hybridized carbons (Fsp3) is 0.133. The van der Waals surface area contributed by atoms with E-state index in [-0.39, 0.29) is 23.3 Å². The number of rotatable bonds is 3. The van der Waals surface area contributed by atoms with Crippen LogP contribution in [0.2, 0.25) is 0 Å². The smallest absolute Gasteiger partial charge is 0.259 e. The molecule has 20 heavy (non-hydrogen) atoms. The minimum absolute atomic E-state index is 0.0460. The Balaban J connectivity index is 2.15. The predicted molar refractivity (Wildman–Crippen MR) is 82.8 cm³/mol. The molecule has 0 spiro atoms. The van der Waals surface area contributed by atoms with Crippen molar-refractivity contribution in [1.29, 1.82) is 0 Å². The molecule has 0 aliphatic rings. The number of benzene rings is 2. The van der Waals surface area contributed by atoms with Gasteiger partial charge >= 0.3 is 0 Å². The quantitative estimate of drug-likeness (QED) is 0.804. The van der Waals surface area contributed by atoms with E-state index < -0.39 is 0 Å². The number of aromatic hydroxyl groups is 1. The molecule has 0 radical (unpaired) electrons. The van der Waals surface area contributed by atoms with Crippen LogP contribution in [0, 0.1) is 0 Å². The Kier molecular flexibility index (Phi) is 4.42. The lowest BCUT2D eigenvalue weighted by atomic mass is 10.1. The number of nitrogens with one attached hydrogen (secondary N) is 1. The molecule has 0 saturated carbocycles. The number of phenolic OH excluding ortho intramolecular Hbond substituents is 1. The second-order valence-corrected chi connectivity index (χ2v) is 5.44. The second kappa shape index (κ2) is 6.07. The third kappa shape index (κ3) is 3.37. The SMILES string of the molecule is CC(N)c1ccc(NC(=O)c2ccc(Br)cc2O)cc1. The molecule has 0 heterocycles. The summed E-state index contributed by atoms with van der Waals surface area (Å²) in [6.45, 7) is 1.90. The van der Waals surface area contributed by atoms with Gasteiger partial charge in [-0.25, -0.2) is 0 Å². The maximum absolute atomic E-state index is 12.1. The van der Waals surface area contributed by atoms with Gasteiger partial charge in [-0.1, -0.05) is 28.1 Å². The fourth-order valence-electron chi connectivity index (χ4n) is 1.77. The Morgan fingerprint density at radius 2 is 1.90 bits per heavy atom. The van der Waals surface area contributed by atoms with E-state index in [0.29, 0.717) is 10.2 Å². The van der Waals surface area contributed by atoms with Crippen LogP contribution in [-0.4, -0.2) is 11.0 Å². The molecule has 1 atom stereocenters. The summed E-state index contributed by atoms with van der Waals surface area (Å²) in [4.78, 5) is 12.1. The van der Waals surface area contributed by atoms with Gasteiger partial charge in [0, 0.05) is 16.2 Å². The van der Waals surface area contributed by atoms with Crippen molar-refractivity contribution >= 4 is 27.5 Å². The third-order valence-corrected chi connectivity index (χ3v) is 3.39. The highest BCUT2D eigenvalue weighted by Gasteiger charge is 2.11. The first-order valence-electron chi connectivity index (χ1n) is 6.13. The third-order valence-electron chi connectivity index (χ3n) is 2.90. The van der Waals surface area contributed by atoms with Crippen LogP contribution in [0.4, 0.5) is 5.69 Å². The summed E-state index contributed by atoms with van der Waals surface area (Å²) < 4.78 is 0.716. The van der Waals surface area contributed by atoms with Crippen molar-refractivity contribution in [2.75, 3.05) is 5.32 Å². The van der Waals surface area contributed by atoms with E-state index in [1.807, 2.05) is 19.1 Å². The van der Waals surface area contributed by atoms with Crippen LogP contribution in [0.15, 0.2) is 46.9 Å². The summed E-state index contributed by atoms with van der Waals surface area (Å²) >= 11 is 3.23. The molecule has 2 aromatic carbocycles. The topological polar surface area (TPSA) is 75.3 Å². The Morgan fingerprint density at radius 1 is 1.25 bits per heavy atom. The molecule has 4 N–H and O–H groups in total. The van der Waals surface area contributed by atoms with Crippen molar-refractivity contribution in [2.24, 2.45) is 5.73 Å². The summed E-state index contributed by atoms with van der Waals surface area (Å²) in [7, 11) is 0. The van der Waals surface area contributed by atoms with Crippen LogP contribution in [-0.2, 0) is 0 Å². The highest BCUT2D eigenvalue weighted by atomic mass is 79.9. The number of hydrogen-bond donors (Lipinski definition) is 3. The van der Waals surface area contributed by atoms with Crippen LogP contribution in [0.3, 0.4) is 0 Å². The zero-order chi connectivity index (χ0) is 14.7. The summed E-state index contributed by atoms with van der Waals surface area (Å²) in [5.74, 6) is -0.423. The first-order chi connectivity index (χ1) is 9.47. The number of carbonyl (C=O) groups excluding carboxylic acids is 1. The van der Waals surface area contributed by atoms with Gasteiger partial charge in [0.15, 0.2) is 0 Å². The van der Waals surface area contributed by atoms with E-state index in [2.05, 4.69) is 21.2 Å². The Labute approximate surface area is 125 Å². The molecule has 5 heteroatoms. The maximum Gasteiger partial charge on any atom is 0.259 e. The molecule has 0 aromatic heterocycles. The van der Waals surface area contributed by atoms with E-state index >= 15 is 0 Å². The molecular weight excluding hydrogens is 320 g/mol. The van der Waals surface area contributed by atoms with Crippen molar-refractivity contribution in [3.8, 4) is 5.75 Å². The average Bonchev–Trinajstić information content (AvgIpc) is 2.39. The largest absolute Gasteiger partial charge is 0.507 e. The van der Waals surface area contributed by atoms with Crippen molar-refractivity contribution < 1.29 is 9.90 Å². The van der Waals surface area contributed by atoms with Gasteiger partial charge in [0.25, 0.3) is 5.91 Å². The number of halogens is 1. The zero-order valence-electron chi connectivity index (χ0n) is 10.9. The zero-order valence-corrected chi connectivity index (χ0v) is 12.5. The lowest BCUT2D eigenvalue weighted by Crippen LogP contribution is -2.12. The van der Waals surface area contributed by atoms with Crippen LogP contribution >= 0.6 is 15.9 Å². The molecule has 0 saturated heterocycles. The van der Waals surface area contributed by atoms with E-state index in [1.54, 1.807) is 24.3 Å². The van der Waals surface area contributed by atoms with E-state index in [9.17, 15) is 9.90 Å². The van der Waals surface area contributed by atoms with Crippen molar-refractivity contribution in [3.05, 3.63) is 58.1 Å². The number of anilines is 1. The van der Waals surface area contributed by atoms with Crippen LogP contribution in [0.25, 0.3) is 0 Å². The molecular formula is C15H15BrN2O2. The van der Waals surface area contributed by atoms with Gasteiger partial charge in [-0.3, -0.25) is 4.79 Å². The standard InChI is InChI=1S/C15H15BrN2O2/c1-9(17)10-2-5-12(6-3-10)18-15(20)13-7-4-11(16)8-14(13)19/h2-9,19H,17H2,1H3,(H,18,20). The fourth-order valence-corrected chi connectivity index (χ4v) is 2.11. The number of amides is 1. The van der Waals surface area contributed by atoms with Gasteiger partial charge < -0.3 is 16.2 Å². The molecule has 4 nitrogen and oxygen atoms in total. The van der Waals surface area contributed by atoms with Crippen molar-refractivity contribution in [3.63, 3.8) is 0 Å². The number of hydrogen-bond acceptors (Lipinski definition) is 3. The van der Waals surface area contributed by atoms with Crippen LogP contribution in [0.5, 0.6) is 5.75 Å². The number of phenols is 1. The Bertz CT molecular complexity index is 624. The minimum atomic E-state index is -0.358. The van der Waals surface area contributed by atoms with E-state index in [0.717, 1.165) is 5.56 Å². The minimum Gasteiger partial charge on any atom is -0.507 e. The first kappa shape index (κ1) is 14.6. The molecule has 2 aromatic rings. The molecule has 1 amide bonds. The molecule has 0 aliphatic carbocycles. The molecule has 104 valence electrons. The van der Waals surface area contributed by atoms with Gasteiger partial charge in [0.05, 0.1) is 5.56 Å². The highest BCUT2D eigenvalue weighted by Crippen LogP contribution is 2.23. The Hall–Kier alpha value is -1.85. The number of nitrogens with two attached hydrogens (primary N) is 1. The maximum atomic E-state index is 12.1. The lowest BCUT2D eigenvalue weighted by molar-refractivity contribution is 0.102. The summed E-state index contributed by atoms with van der Waals surface area (Å²) in [6.07, 6.45) is 0. The monoisotopic (exact) mass is 334 g/mol. The van der Waals surface area contributed by atoms with Crippen molar-refractivity contribution in [1.82, 2.24) is 0 Å². The van der Waals surface area contributed by atoms with Gasteiger partial charge in [0.2, 0.25) is 0 Å². The summed E-state index contributed by atoms with van der Waals surface area (Å²) in [5, 5.41) is 12.5. The van der Waals surface area contributed by atoms with Crippen molar-refractivity contribution in [2.45, 2.75) is 13.0 Å².